The highest BCUT2D eigenvalue weighted by Gasteiger charge is 2.34. The van der Waals surface area contributed by atoms with Crippen molar-refractivity contribution in [2.45, 2.75) is 26.2 Å². The van der Waals surface area contributed by atoms with E-state index in [1.165, 1.54) is 0 Å². The molecule has 0 saturated carbocycles. The summed E-state index contributed by atoms with van der Waals surface area (Å²) < 4.78 is 0. The molecule has 1 heterocycles. The van der Waals surface area contributed by atoms with Crippen LogP contribution in [0.4, 0.5) is 0 Å². The molecular weight excluding hydrogens is 331 g/mol. The fourth-order valence-electron chi connectivity index (χ4n) is 2.51. The molecule has 118 valence electrons. The molecule has 6 heteroatoms. The van der Waals surface area contributed by atoms with E-state index in [1.54, 1.807) is 6.07 Å². The summed E-state index contributed by atoms with van der Waals surface area (Å²) >= 11 is 11.8. The third-order valence-corrected chi connectivity index (χ3v) is 4.75. The summed E-state index contributed by atoms with van der Waals surface area (Å²) in [7, 11) is 0. The average Bonchev–Trinajstić information content (AvgIpc) is 2.83. The van der Waals surface area contributed by atoms with E-state index in [4.69, 9.17) is 28.9 Å². The number of rotatable bonds is 4. The van der Waals surface area contributed by atoms with Crippen molar-refractivity contribution in [3.63, 3.8) is 0 Å². The molecule has 2 N–H and O–H groups in total. The van der Waals surface area contributed by atoms with E-state index in [0.29, 0.717) is 29.4 Å². The van der Waals surface area contributed by atoms with Gasteiger partial charge in [-0.3, -0.25) is 4.79 Å². The van der Waals surface area contributed by atoms with E-state index >= 15 is 0 Å². The second kappa shape index (κ2) is 7.68. The lowest BCUT2D eigenvalue weighted by molar-refractivity contribution is -0.130. The normalized spacial score (nSPS) is 21.2. The van der Waals surface area contributed by atoms with Gasteiger partial charge in [-0.2, -0.15) is 0 Å². The number of amides is 1. The summed E-state index contributed by atoms with van der Waals surface area (Å²) in [5, 5.41) is 1.08. The number of hydrogen-bond donors (Lipinski definition) is 1. The Morgan fingerprint density at radius 2 is 2.10 bits per heavy atom. The van der Waals surface area contributed by atoms with Gasteiger partial charge in [0, 0.05) is 19.5 Å². The Hall–Kier alpha value is -0.480. The molecule has 0 spiro atoms. The van der Waals surface area contributed by atoms with Crippen LogP contribution in [-0.4, -0.2) is 30.4 Å². The third-order valence-electron chi connectivity index (χ3n) is 4.01. The highest BCUT2D eigenvalue weighted by Crippen LogP contribution is 2.29. The molecule has 0 aromatic heterocycles. The summed E-state index contributed by atoms with van der Waals surface area (Å²) in [6, 6.07) is 5.51. The van der Waals surface area contributed by atoms with Crippen LogP contribution in [0.5, 0.6) is 0 Å². The van der Waals surface area contributed by atoms with Crippen molar-refractivity contribution in [3.8, 4) is 0 Å². The number of carbonyl (C=O) groups excluding carboxylic acids is 1. The maximum absolute atomic E-state index is 12.2. The predicted molar refractivity (Wildman–Crippen MR) is 90.4 cm³/mol. The molecule has 1 unspecified atom stereocenters. The molecule has 1 saturated heterocycles. The van der Waals surface area contributed by atoms with Crippen molar-refractivity contribution in [3.05, 3.63) is 33.8 Å². The van der Waals surface area contributed by atoms with Gasteiger partial charge in [0.15, 0.2) is 0 Å². The van der Waals surface area contributed by atoms with E-state index in [2.05, 4.69) is 6.92 Å². The van der Waals surface area contributed by atoms with Gasteiger partial charge in [-0.1, -0.05) is 36.2 Å². The molecule has 1 aromatic rings. The third kappa shape index (κ3) is 4.75. The quantitative estimate of drug-likeness (QED) is 0.901. The molecule has 1 aromatic carbocycles. The minimum absolute atomic E-state index is 0. The van der Waals surface area contributed by atoms with E-state index in [9.17, 15) is 4.79 Å². The van der Waals surface area contributed by atoms with Crippen molar-refractivity contribution >= 4 is 41.5 Å². The van der Waals surface area contributed by atoms with E-state index in [1.807, 2.05) is 17.0 Å². The largest absolute Gasteiger partial charge is 0.342 e. The molecule has 1 aliphatic rings. The summed E-state index contributed by atoms with van der Waals surface area (Å²) in [6.07, 6.45) is 2.17. The topological polar surface area (TPSA) is 46.3 Å². The molecule has 21 heavy (non-hydrogen) atoms. The maximum atomic E-state index is 12.2. The second-order valence-corrected chi connectivity index (χ2v) is 6.64. The molecule has 0 aliphatic carbocycles. The van der Waals surface area contributed by atoms with Gasteiger partial charge in [0.25, 0.3) is 0 Å². The second-order valence-electron chi connectivity index (χ2n) is 5.83. The van der Waals surface area contributed by atoms with Crippen molar-refractivity contribution in [1.82, 2.24) is 4.90 Å². The molecule has 1 aliphatic heterocycles. The van der Waals surface area contributed by atoms with Gasteiger partial charge in [-0.05, 0) is 42.5 Å². The molecule has 3 nitrogen and oxygen atoms in total. The van der Waals surface area contributed by atoms with Crippen molar-refractivity contribution in [1.29, 1.82) is 0 Å². The number of aryl methyl sites for hydroxylation is 1. The Balaban J connectivity index is 0.00000220. The molecule has 1 fully saturated rings. The Labute approximate surface area is 142 Å². The van der Waals surface area contributed by atoms with Crippen LogP contribution in [0.25, 0.3) is 0 Å². The Kier molecular flexibility index (Phi) is 6.79. The molecular formula is C15H21Cl3N2O. The number of benzene rings is 1. The monoisotopic (exact) mass is 350 g/mol. The van der Waals surface area contributed by atoms with E-state index in [-0.39, 0.29) is 23.7 Å². The van der Waals surface area contributed by atoms with Crippen LogP contribution in [0.3, 0.4) is 0 Å². The van der Waals surface area contributed by atoms with Gasteiger partial charge < -0.3 is 10.6 Å². The van der Waals surface area contributed by atoms with Gasteiger partial charge in [0.05, 0.1) is 10.0 Å². The van der Waals surface area contributed by atoms with Gasteiger partial charge in [-0.25, -0.2) is 0 Å². The summed E-state index contributed by atoms with van der Waals surface area (Å²) in [4.78, 5) is 14.1. The molecule has 0 bridgehead atoms. The number of carbonyl (C=O) groups is 1. The van der Waals surface area contributed by atoms with Crippen molar-refractivity contribution < 1.29 is 4.79 Å². The first kappa shape index (κ1) is 18.6. The van der Waals surface area contributed by atoms with Crippen LogP contribution >= 0.6 is 35.6 Å². The van der Waals surface area contributed by atoms with Crippen LogP contribution < -0.4 is 5.73 Å². The average molecular weight is 352 g/mol. The SMILES string of the molecule is CC1(CN)CCN(C(=O)CCc2ccc(Cl)c(Cl)c2)C1.Cl. The molecule has 1 amide bonds. The fourth-order valence-corrected chi connectivity index (χ4v) is 2.83. The Morgan fingerprint density at radius 3 is 2.67 bits per heavy atom. The predicted octanol–water partition coefficient (Wildman–Crippen LogP) is 3.55. The lowest BCUT2D eigenvalue weighted by Gasteiger charge is -2.22. The van der Waals surface area contributed by atoms with Gasteiger partial charge in [0.2, 0.25) is 5.91 Å². The molecule has 2 rings (SSSR count). The minimum Gasteiger partial charge on any atom is -0.342 e. The zero-order valence-electron chi connectivity index (χ0n) is 12.1. The summed E-state index contributed by atoms with van der Waals surface area (Å²) in [5.41, 5.74) is 6.88. The smallest absolute Gasteiger partial charge is 0.222 e. The van der Waals surface area contributed by atoms with Crippen molar-refractivity contribution in [2.24, 2.45) is 11.1 Å². The maximum Gasteiger partial charge on any atom is 0.222 e. The zero-order valence-corrected chi connectivity index (χ0v) is 14.4. The number of nitrogens with zero attached hydrogens (tertiary/aromatic N) is 1. The Morgan fingerprint density at radius 1 is 1.38 bits per heavy atom. The number of hydrogen-bond acceptors (Lipinski definition) is 2. The van der Waals surface area contributed by atoms with Gasteiger partial charge >= 0.3 is 0 Å². The number of halogens is 3. The highest BCUT2D eigenvalue weighted by molar-refractivity contribution is 6.42. The number of nitrogens with two attached hydrogens (primary N) is 1. The van der Waals surface area contributed by atoms with Gasteiger partial charge in [-0.15, -0.1) is 12.4 Å². The lowest BCUT2D eigenvalue weighted by Crippen LogP contribution is -2.34. The molecule has 0 radical (unpaired) electrons. The lowest BCUT2D eigenvalue weighted by atomic mass is 9.90. The highest BCUT2D eigenvalue weighted by atomic mass is 35.5. The van der Waals surface area contributed by atoms with Crippen LogP contribution in [0.15, 0.2) is 18.2 Å². The first-order chi connectivity index (χ1) is 9.43. The van der Waals surface area contributed by atoms with Crippen LogP contribution in [0.2, 0.25) is 10.0 Å². The van der Waals surface area contributed by atoms with E-state index < -0.39 is 0 Å². The molecule has 1 atom stereocenters. The Bertz CT molecular complexity index is 510. The standard InChI is InChI=1S/C15H20Cl2N2O.ClH/c1-15(9-18)6-7-19(10-15)14(20)5-3-11-2-4-12(16)13(17)8-11;/h2,4,8H,3,5-7,9-10,18H2,1H3;1H. The first-order valence-corrected chi connectivity index (χ1v) is 7.61. The van der Waals surface area contributed by atoms with Crippen LogP contribution in [0.1, 0.15) is 25.3 Å². The first-order valence-electron chi connectivity index (χ1n) is 6.85. The fraction of sp³-hybridized carbons (Fsp3) is 0.533. The van der Waals surface area contributed by atoms with Crippen LogP contribution in [-0.2, 0) is 11.2 Å². The summed E-state index contributed by atoms with van der Waals surface area (Å²) in [5.74, 6) is 0.188. The minimum atomic E-state index is 0. The zero-order chi connectivity index (χ0) is 14.8. The number of likely N-dealkylation sites (tertiary alicyclic amines) is 1. The van der Waals surface area contributed by atoms with Gasteiger partial charge in [0.1, 0.15) is 0 Å². The van der Waals surface area contributed by atoms with E-state index in [0.717, 1.165) is 25.1 Å². The summed E-state index contributed by atoms with van der Waals surface area (Å²) in [6.45, 7) is 4.35. The van der Waals surface area contributed by atoms with Crippen molar-refractivity contribution in [2.75, 3.05) is 19.6 Å². The van der Waals surface area contributed by atoms with Crippen LogP contribution in [0, 0.1) is 5.41 Å².